The highest BCUT2D eigenvalue weighted by Gasteiger charge is 2.32. The van der Waals surface area contributed by atoms with Crippen LogP contribution in [-0.2, 0) is 4.74 Å². The van der Waals surface area contributed by atoms with Gasteiger partial charge in [0, 0.05) is 20.1 Å². The number of likely N-dealkylation sites (N-methyl/N-ethyl adjacent to an activating group) is 1. The van der Waals surface area contributed by atoms with Gasteiger partial charge in [-0.1, -0.05) is 11.6 Å². The van der Waals surface area contributed by atoms with Gasteiger partial charge in [0.05, 0.1) is 6.04 Å². The van der Waals surface area contributed by atoms with E-state index in [-0.39, 0.29) is 12.1 Å². The van der Waals surface area contributed by atoms with Gasteiger partial charge in [-0.25, -0.2) is 4.79 Å². The number of likely N-dealkylation sites (tertiary alicyclic amines) is 1. The van der Waals surface area contributed by atoms with Crippen molar-refractivity contribution in [3.63, 3.8) is 0 Å². The van der Waals surface area contributed by atoms with Crippen LogP contribution in [-0.4, -0.2) is 53.0 Å². The number of carbonyl (C=O) groups is 1. The zero-order valence-electron chi connectivity index (χ0n) is 13.5. The Hall–Kier alpha value is -1.56. The van der Waals surface area contributed by atoms with Gasteiger partial charge in [-0.3, -0.25) is 0 Å². The predicted octanol–water partition coefficient (Wildman–Crippen LogP) is 2.97. The molecule has 2 rings (SSSR count). The Kier molecular flexibility index (Phi) is 5.11. The van der Waals surface area contributed by atoms with Crippen molar-refractivity contribution < 1.29 is 9.53 Å². The maximum absolute atomic E-state index is 12.3. The van der Waals surface area contributed by atoms with Crippen molar-refractivity contribution in [3.8, 4) is 0 Å². The molecule has 22 heavy (non-hydrogen) atoms. The monoisotopic (exact) mass is 326 g/mol. The van der Waals surface area contributed by atoms with Crippen LogP contribution in [0.1, 0.15) is 33.6 Å². The zero-order valence-corrected chi connectivity index (χ0v) is 14.3. The topological polar surface area (TPSA) is 58.6 Å². The molecule has 1 atom stereocenters. The summed E-state index contributed by atoms with van der Waals surface area (Å²) in [6.07, 6.45) is 1.71. The van der Waals surface area contributed by atoms with Gasteiger partial charge in [0.2, 0.25) is 0 Å². The number of amides is 1. The molecule has 1 aliphatic heterocycles. The number of aromatic nitrogens is 2. The number of nitrogens with zero attached hydrogens (tertiary/aromatic N) is 4. The molecule has 2 heterocycles. The molecule has 0 aromatic carbocycles. The van der Waals surface area contributed by atoms with Crippen LogP contribution in [0.2, 0.25) is 5.15 Å². The van der Waals surface area contributed by atoms with Gasteiger partial charge >= 0.3 is 6.09 Å². The molecule has 1 amide bonds. The first-order chi connectivity index (χ1) is 10.3. The maximum atomic E-state index is 12.3. The molecule has 0 radical (unpaired) electrons. The van der Waals surface area contributed by atoms with Gasteiger partial charge in [-0.2, -0.15) is 0 Å². The van der Waals surface area contributed by atoms with Gasteiger partial charge in [0.1, 0.15) is 5.60 Å². The van der Waals surface area contributed by atoms with Crippen molar-refractivity contribution in [1.82, 2.24) is 15.1 Å². The number of hydrogen-bond donors (Lipinski definition) is 0. The van der Waals surface area contributed by atoms with E-state index in [2.05, 4.69) is 10.2 Å². The summed E-state index contributed by atoms with van der Waals surface area (Å²) in [6, 6.07) is 3.65. The van der Waals surface area contributed by atoms with Crippen LogP contribution >= 0.6 is 11.6 Å². The van der Waals surface area contributed by atoms with Gasteiger partial charge in [-0.15, -0.1) is 10.2 Å². The average molecular weight is 327 g/mol. The van der Waals surface area contributed by atoms with Crippen LogP contribution in [0.5, 0.6) is 0 Å². The highest BCUT2D eigenvalue weighted by atomic mass is 35.5. The van der Waals surface area contributed by atoms with Crippen LogP contribution < -0.4 is 4.90 Å². The molecule has 1 aliphatic rings. The zero-order chi connectivity index (χ0) is 16.3. The number of halogens is 1. The third-order valence-electron chi connectivity index (χ3n) is 3.50. The molecule has 1 aromatic rings. The molecule has 1 saturated heterocycles. The second-order valence-electron chi connectivity index (χ2n) is 6.56. The number of ether oxygens (including phenoxy) is 1. The SMILES string of the molecule is CN(C[C@H]1CCCN1C(=O)OC(C)(C)C)c1ccc(Cl)nn1. The molecule has 0 N–H and O–H groups in total. The number of rotatable bonds is 3. The lowest BCUT2D eigenvalue weighted by atomic mass is 10.2. The summed E-state index contributed by atoms with van der Waals surface area (Å²) in [6.45, 7) is 7.07. The first-order valence-electron chi connectivity index (χ1n) is 7.46. The summed E-state index contributed by atoms with van der Waals surface area (Å²) < 4.78 is 5.48. The highest BCUT2D eigenvalue weighted by Crippen LogP contribution is 2.22. The first kappa shape index (κ1) is 16.8. The van der Waals surface area contributed by atoms with Crippen molar-refractivity contribution in [2.75, 3.05) is 25.0 Å². The fraction of sp³-hybridized carbons (Fsp3) is 0.667. The Morgan fingerprint density at radius 2 is 2.18 bits per heavy atom. The minimum Gasteiger partial charge on any atom is -0.444 e. The molecular formula is C15H23ClN4O2. The van der Waals surface area contributed by atoms with Gasteiger partial charge < -0.3 is 14.5 Å². The second-order valence-corrected chi connectivity index (χ2v) is 6.95. The average Bonchev–Trinajstić information content (AvgIpc) is 2.85. The molecule has 122 valence electrons. The number of anilines is 1. The summed E-state index contributed by atoms with van der Waals surface area (Å²) in [7, 11) is 1.93. The normalized spacial score (nSPS) is 18.4. The van der Waals surface area contributed by atoms with Crippen molar-refractivity contribution in [1.29, 1.82) is 0 Å². The van der Waals surface area contributed by atoms with Gasteiger partial charge in [-0.05, 0) is 45.7 Å². The van der Waals surface area contributed by atoms with Crippen LogP contribution in [0.4, 0.5) is 10.6 Å². The molecule has 1 aromatic heterocycles. The quantitative estimate of drug-likeness (QED) is 0.854. The molecular weight excluding hydrogens is 304 g/mol. The Balaban J connectivity index is 1.98. The van der Waals surface area contributed by atoms with Crippen molar-refractivity contribution in [2.24, 2.45) is 0 Å². The third-order valence-corrected chi connectivity index (χ3v) is 3.70. The predicted molar refractivity (Wildman–Crippen MR) is 86.3 cm³/mol. The second kappa shape index (κ2) is 6.69. The van der Waals surface area contributed by atoms with E-state index in [9.17, 15) is 4.79 Å². The van der Waals surface area contributed by atoms with Crippen LogP contribution in [0.3, 0.4) is 0 Å². The van der Waals surface area contributed by atoms with E-state index in [4.69, 9.17) is 16.3 Å². The molecule has 0 unspecified atom stereocenters. The third kappa shape index (κ3) is 4.47. The van der Waals surface area contributed by atoms with E-state index in [1.165, 1.54) is 0 Å². The Morgan fingerprint density at radius 1 is 1.45 bits per heavy atom. The van der Waals surface area contributed by atoms with E-state index in [1.807, 2.05) is 43.7 Å². The standard InChI is InChI=1S/C15H23ClN4O2/c1-15(2,3)22-14(21)20-9-5-6-11(20)10-19(4)13-8-7-12(16)17-18-13/h7-8,11H,5-6,9-10H2,1-4H3/t11-/m1/s1. The smallest absolute Gasteiger partial charge is 0.410 e. The van der Waals surface area contributed by atoms with E-state index in [0.717, 1.165) is 25.2 Å². The lowest BCUT2D eigenvalue weighted by Gasteiger charge is -2.31. The highest BCUT2D eigenvalue weighted by molar-refractivity contribution is 6.29. The number of hydrogen-bond acceptors (Lipinski definition) is 5. The Labute approximate surface area is 136 Å². The molecule has 1 fully saturated rings. The van der Waals surface area contributed by atoms with Gasteiger partial charge in [0.25, 0.3) is 0 Å². The first-order valence-corrected chi connectivity index (χ1v) is 7.84. The van der Waals surface area contributed by atoms with Crippen LogP contribution in [0, 0.1) is 0 Å². The molecule has 6 nitrogen and oxygen atoms in total. The van der Waals surface area contributed by atoms with E-state index in [1.54, 1.807) is 6.07 Å². The molecule has 0 bridgehead atoms. The van der Waals surface area contributed by atoms with Gasteiger partial charge in [0.15, 0.2) is 11.0 Å². The fourth-order valence-corrected chi connectivity index (χ4v) is 2.61. The van der Waals surface area contributed by atoms with E-state index in [0.29, 0.717) is 11.7 Å². The summed E-state index contributed by atoms with van der Waals surface area (Å²) in [5.41, 5.74) is -0.474. The van der Waals surface area contributed by atoms with Crippen LogP contribution in [0.25, 0.3) is 0 Å². The minimum absolute atomic E-state index is 0.123. The lowest BCUT2D eigenvalue weighted by molar-refractivity contribution is 0.0232. The largest absolute Gasteiger partial charge is 0.444 e. The van der Waals surface area contributed by atoms with E-state index >= 15 is 0 Å². The van der Waals surface area contributed by atoms with Crippen LogP contribution in [0.15, 0.2) is 12.1 Å². The molecule has 0 aliphatic carbocycles. The summed E-state index contributed by atoms with van der Waals surface area (Å²) in [5, 5.41) is 8.27. The van der Waals surface area contributed by atoms with Crippen molar-refractivity contribution in [3.05, 3.63) is 17.3 Å². The maximum Gasteiger partial charge on any atom is 0.410 e. The number of carbonyl (C=O) groups excluding carboxylic acids is 1. The lowest BCUT2D eigenvalue weighted by Crippen LogP contribution is -2.44. The van der Waals surface area contributed by atoms with Crippen molar-refractivity contribution >= 4 is 23.5 Å². The summed E-state index contributed by atoms with van der Waals surface area (Å²) in [4.78, 5) is 16.1. The minimum atomic E-state index is -0.474. The summed E-state index contributed by atoms with van der Waals surface area (Å²) in [5.74, 6) is 0.737. The van der Waals surface area contributed by atoms with E-state index < -0.39 is 5.60 Å². The summed E-state index contributed by atoms with van der Waals surface area (Å²) >= 11 is 5.75. The van der Waals surface area contributed by atoms with Crippen molar-refractivity contribution in [2.45, 2.75) is 45.3 Å². The molecule has 0 spiro atoms. The Morgan fingerprint density at radius 3 is 2.77 bits per heavy atom. The molecule has 7 heteroatoms. The molecule has 0 saturated carbocycles. The fourth-order valence-electron chi connectivity index (χ4n) is 2.51. The Bertz CT molecular complexity index is 515.